The van der Waals surface area contributed by atoms with E-state index in [1.807, 2.05) is 56.0 Å². The minimum absolute atomic E-state index is 0.0319. The van der Waals surface area contributed by atoms with Crippen LogP contribution >= 0.6 is 34.8 Å². The number of anilines is 3. The van der Waals surface area contributed by atoms with Gasteiger partial charge in [-0.15, -0.1) is 10.2 Å². The number of rotatable bonds is 13. The first-order valence-electron chi connectivity index (χ1n) is 16.7. The molecule has 56 heavy (non-hydrogen) atoms. The maximum Gasteiger partial charge on any atom is 0.294 e. The Bertz CT molecular complexity index is 2570. The quantitative estimate of drug-likeness (QED) is 0.0580. The molecule has 0 bridgehead atoms. The molecule has 0 fully saturated rings. The summed E-state index contributed by atoms with van der Waals surface area (Å²) in [7, 11) is -8.81. The van der Waals surface area contributed by atoms with Crippen molar-refractivity contribution in [3.05, 3.63) is 117 Å². The van der Waals surface area contributed by atoms with E-state index < -0.39 is 42.2 Å². The lowest BCUT2D eigenvalue weighted by molar-refractivity contribution is 0.102. The number of carbonyl (C=O) groups excluding carboxylic acids is 1. The first-order chi connectivity index (χ1) is 26.3. The van der Waals surface area contributed by atoms with Crippen LogP contribution in [0, 0.1) is 11.3 Å². The summed E-state index contributed by atoms with van der Waals surface area (Å²) in [5.41, 5.74) is 1.32. The third-order valence-corrected chi connectivity index (χ3v) is 10.6. The van der Waals surface area contributed by atoms with Crippen molar-refractivity contribution in [2.24, 2.45) is 10.2 Å². The minimum Gasteiger partial charge on any atom is -0.341 e. The number of benzene rings is 4. The second-order valence-corrected chi connectivity index (χ2v) is 17.6. The van der Waals surface area contributed by atoms with Gasteiger partial charge in [-0.05, 0) is 73.5 Å². The number of nitrogens with zero attached hydrogens (tertiary/aromatic N) is 6. The highest BCUT2D eigenvalue weighted by molar-refractivity contribution is 7.86. The Morgan fingerprint density at radius 3 is 2.18 bits per heavy atom. The van der Waals surface area contributed by atoms with E-state index in [0.29, 0.717) is 24.3 Å². The van der Waals surface area contributed by atoms with Crippen molar-refractivity contribution < 1.29 is 30.7 Å². The second kappa shape index (κ2) is 17.1. The molecule has 0 radical (unpaired) electrons. The van der Waals surface area contributed by atoms with Crippen molar-refractivity contribution in [2.45, 2.75) is 43.9 Å². The van der Waals surface area contributed by atoms with Crippen LogP contribution in [-0.4, -0.2) is 53.9 Å². The lowest BCUT2D eigenvalue weighted by Gasteiger charge is -2.26. The molecule has 4 aromatic carbocycles. The van der Waals surface area contributed by atoms with Gasteiger partial charge in [-0.25, -0.2) is 4.68 Å². The Hall–Kier alpha value is -4.86. The average Bonchev–Trinajstić information content (AvgIpc) is 3.49. The lowest BCUT2D eigenvalue weighted by Crippen LogP contribution is -2.20. The molecule has 0 saturated carbocycles. The van der Waals surface area contributed by atoms with Gasteiger partial charge in [0.05, 0.1) is 32.1 Å². The number of nitriles is 1. The molecule has 0 spiro atoms. The zero-order chi connectivity index (χ0) is 41.0. The van der Waals surface area contributed by atoms with Gasteiger partial charge in [-0.3, -0.25) is 13.9 Å². The maximum absolute atomic E-state index is 13.7. The summed E-state index contributed by atoms with van der Waals surface area (Å²) in [6, 6.07) is 23.8. The second-order valence-electron chi connectivity index (χ2n) is 13.4. The normalized spacial score (nSPS) is 12.1. The SMILES string of the molecule is CC(C)(C)c1nn(-c2c(Cl)cc(Cl)cc2Cl)c(N=Nc2ccc(N(CCCCS(=O)(=O)O)c3ccccc3)cc2NC(=O)c2cccc(S(=O)(=O)O)c2)c1C#N. The number of para-hydroxylation sites is 1. The van der Waals surface area contributed by atoms with Gasteiger partial charge in [-0.2, -0.15) is 27.2 Å². The summed E-state index contributed by atoms with van der Waals surface area (Å²) in [4.78, 5) is 15.0. The maximum atomic E-state index is 13.7. The molecule has 0 aliphatic rings. The number of aromatic nitrogens is 2. The molecular formula is C37H34Cl3N7O7S2. The van der Waals surface area contributed by atoms with Gasteiger partial charge in [0.15, 0.2) is 5.82 Å². The topological polar surface area (TPSA) is 207 Å². The third kappa shape index (κ3) is 10.3. The predicted molar refractivity (Wildman–Crippen MR) is 216 cm³/mol. The van der Waals surface area contributed by atoms with Crippen LogP contribution in [0.2, 0.25) is 15.1 Å². The van der Waals surface area contributed by atoms with E-state index in [9.17, 15) is 36.0 Å². The number of hydrogen-bond donors (Lipinski definition) is 3. The fourth-order valence-electron chi connectivity index (χ4n) is 5.56. The van der Waals surface area contributed by atoms with E-state index in [2.05, 4.69) is 26.7 Å². The molecule has 292 valence electrons. The molecule has 0 aliphatic carbocycles. The van der Waals surface area contributed by atoms with Crippen molar-refractivity contribution in [1.82, 2.24) is 9.78 Å². The van der Waals surface area contributed by atoms with Crippen LogP contribution in [0.1, 0.15) is 55.2 Å². The number of hydrogen-bond acceptors (Lipinski definition) is 10. The molecule has 0 atom stereocenters. The molecule has 14 nitrogen and oxygen atoms in total. The van der Waals surface area contributed by atoms with Gasteiger partial charge in [-0.1, -0.05) is 79.8 Å². The van der Waals surface area contributed by atoms with Crippen molar-refractivity contribution in [3.63, 3.8) is 0 Å². The first kappa shape index (κ1) is 42.3. The number of halogens is 3. The molecule has 0 saturated heterocycles. The van der Waals surface area contributed by atoms with Crippen LogP contribution in [0.15, 0.2) is 100 Å². The van der Waals surface area contributed by atoms with Crippen molar-refractivity contribution in [2.75, 3.05) is 22.5 Å². The van der Waals surface area contributed by atoms with Gasteiger partial charge < -0.3 is 10.2 Å². The summed E-state index contributed by atoms with van der Waals surface area (Å²) >= 11 is 19.4. The van der Waals surface area contributed by atoms with Gasteiger partial charge in [0, 0.05) is 33.9 Å². The Kier molecular flexibility index (Phi) is 12.9. The van der Waals surface area contributed by atoms with Crippen molar-refractivity contribution in [3.8, 4) is 11.8 Å². The highest BCUT2D eigenvalue weighted by Crippen LogP contribution is 2.41. The molecule has 0 aliphatic heterocycles. The van der Waals surface area contributed by atoms with Crippen LogP contribution < -0.4 is 10.2 Å². The first-order valence-corrected chi connectivity index (χ1v) is 20.9. The molecule has 1 heterocycles. The smallest absolute Gasteiger partial charge is 0.294 e. The average molecular weight is 859 g/mol. The largest absolute Gasteiger partial charge is 0.341 e. The predicted octanol–water partition coefficient (Wildman–Crippen LogP) is 9.72. The summed E-state index contributed by atoms with van der Waals surface area (Å²) in [5, 5.41) is 27.2. The third-order valence-electron chi connectivity index (χ3n) is 8.17. The number of unbranched alkanes of at least 4 members (excludes halogenated alkanes) is 1. The standard InChI is InChI=1S/C37H34Cl3N7O7S2/c1-37(2,3)34-28(22-41)35(47(45-34)33-29(39)19-24(38)20-30(33)40)44-43-31-15-14-26(46(25-11-5-4-6-12-25)16-7-8-17-55(49,50)51)21-32(31)42-36(48)23-10-9-13-27(18-23)56(52,53)54/h4-6,9-15,18-21H,7-8,16-17H2,1-3H3,(H,42,48)(H,49,50,51)(H,52,53,54). The number of carbonyl (C=O) groups is 1. The van der Waals surface area contributed by atoms with E-state index in [0.717, 1.165) is 17.8 Å². The zero-order valence-electron chi connectivity index (χ0n) is 30.0. The number of amides is 1. The Morgan fingerprint density at radius 2 is 1.57 bits per heavy atom. The summed E-state index contributed by atoms with van der Waals surface area (Å²) in [5.74, 6) is -1.22. The van der Waals surface area contributed by atoms with Crippen LogP contribution in [0.5, 0.6) is 0 Å². The van der Waals surface area contributed by atoms with Gasteiger partial charge in [0.25, 0.3) is 26.1 Å². The molecule has 19 heteroatoms. The molecule has 0 unspecified atom stereocenters. The summed E-state index contributed by atoms with van der Waals surface area (Å²) in [6.07, 6.45) is 0.516. The number of nitrogens with one attached hydrogen (secondary N) is 1. The monoisotopic (exact) mass is 857 g/mol. The van der Waals surface area contributed by atoms with Gasteiger partial charge in [0.2, 0.25) is 0 Å². The Balaban J connectivity index is 1.67. The van der Waals surface area contributed by atoms with Crippen LogP contribution in [0.3, 0.4) is 0 Å². The molecule has 3 N–H and O–H groups in total. The molecule has 5 rings (SSSR count). The highest BCUT2D eigenvalue weighted by atomic mass is 35.5. The van der Waals surface area contributed by atoms with E-state index in [-0.39, 0.29) is 55.5 Å². The summed E-state index contributed by atoms with van der Waals surface area (Å²) < 4.78 is 66.6. The van der Waals surface area contributed by atoms with Crippen LogP contribution in [0.4, 0.5) is 28.6 Å². The van der Waals surface area contributed by atoms with E-state index in [1.165, 1.54) is 28.9 Å². The van der Waals surface area contributed by atoms with Crippen LogP contribution in [0.25, 0.3) is 5.69 Å². The molecule has 1 amide bonds. The molecule has 5 aromatic rings. The van der Waals surface area contributed by atoms with E-state index in [1.54, 1.807) is 18.2 Å². The fourth-order valence-corrected chi connectivity index (χ4v) is 7.64. The number of azo groups is 1. The Labute approximate surface area is 338 Å². The lowest BCUT2D eigenvalue weighted by atomic mass is 9.90. The van der Waals surface area contributed by atoms with Gasteiger partial charge >= 0.3 is 0 Å². The van der Waals surface area contributed by atoms with E-state index in [4.69, 9.17) is 34.8 Å². The van der Waals surface area contributed by atoms with Gasteiger partial charge in [0.1, 0.15) is 23.0 Å². The van der Waals surface area contributed by atoms with E-state index >= 15 is 0 Å². The zero-order valence-corrected chi connectivity index (χ0v) is 33.9. The molecular weight excluding hydrogens is 825 g/mol. The van der Waals surface area contributed by atoms with Crippen LogP contribution in [-0.2, 0) is 25.7 Å². The van der Waals surface area contributed by atoms with Crippen molar-refractivity contribution in [1.29, 1.82) is 5.26 Å². The van der Waals surface area contributed by atoms with Crippen molar-refractivity contribution >= 4 is 89.5 Å². The molecule has 1 aromatic heterocycles. The Morgan fingerprint density at radius 1 is 0.893 bits per heavy atom. The minimum atomic E-state index is -4.63. The summed E-state index contributed by atoms with van der Waals surface area (Å²) in [6.45, 7) is 5.87. The highest BCUT2D eigenvalue weighted by Gasteiger charge is 2.29. The fraction of sp³-hybridized carbons (Fsp3) is 0.216.